The summed E-state index contributed by atoms with van der Waals surface area (Å²) in [6, 6.07) is 12.0. The zero-order chi connectivity index (χ0) is 23.7. The minimum absolute atomic E-state index is 0.177. The molecule has 2 aromatic carbocycles. The largest absolute Gasteiger partial charge is 0.452 e. The number of hydrogen-bond acceptors (Lipinski definition) is 5. The standard InChI is InChI=1S/C26H28N2O5/c1-15-8-10-20-21(11-15)25(31)28(24(20)30)19-6-4-5-18(13-19)26(32)33-14-23(29)27-22-12-16(2)7-9-17(22)3/h4-7,9,12-13,15,20-21H,8,10-11,14H2,1-3H3,(H,27,29)/t15-,20+,21-/m0/s1. The van der Waals surface area contributed by atoms with E-state index < -0.39 is 18.5 Å². The van der Waals surface area contributed by atoms with Crippen LogP contribution in [0, 0.1) is 31.6 Å². The van der Waals surface area contributed by atoms with Gasteiger partial charge in [-0.2, -0.15) is 0 Å². The number of amides is 3. The van der Waals surface area contributed by atoms with Crippen molar-refractivity contribution in [1.82, 2.24) is 0 Å². The van der Waals surface area contributed by atoms with Crippen LogP contribution in [0.25, 0.3) is 0 Å². The quantitative estimate of drug-likeness (QED) is 0.551. The lowest BCUT2D eigenvalue weighted by Crippen LogP contribution is -2.31. The molecule has 7 heteroatoms. The number of carbonyl (C=O) groups excluding carboxylic acids is 4. The Morgan fingerprint density at radius 2 is 1.79 bits per heavy atom. The highest BCUT2D eigenvalue weighted by atomic mass is 16.5. The van der Waals surface area contributed by atoms with Gasteiger partial charge in [-0.3, -0.25) is 19.3 Å². The van der Waals surface area contributed by atoms with Gasteiger partial charge in [0.2, 0.25) is 11.8 Å². The van der Waals surface area contributed by atoms with E-state index >= 15 is 0 Å². The summed E-state index contributed by atoms with van der Waals surface area (Å²) < 4.78 is 5.17. The van der Waals surface area contributed by atoms with Crippen molar-refractivity contribution in [2.24, 2.45) is 17.8 Å². The molecule has 3 amide bonds. The molecule has 33 heavy (non-hydrogen) atoms. The zero-order valence-electron chi connectivity index (χ0n) is 19.1. The number of ether oxygens (including phenoxy) is 1. The van der Waals surface area contributed by atoms with Gasteiger partial charge in [0.15, 0.2) is 6.61 Å². The van der Waals surface area contributed by atoms with Crippen molar-refractivity contribution in [2.45, 2.75) is 40.0 Å². The molecule has 1 N–H and O–H groups in total. The topological polar surface area (TPSA) is 92.8 Å². The fourth-order valence-electron chi connectivity index (χ4n) is 4.69. The molecule has 4 rings (SSSR count). The lowest BCUT2D eigenvalue weighted by Gasteiger charge is -2.25. The first kappa shape index (κ1) is 22.7. The van der Waals surface area contributed by atoms with Gasteiger partial charge in [0, 0.05) is 5.69 Å². The number of aryl methyl sites for hydroxylation is 2. The molecule has 0 bridgehead atoms. The number of benzene rings is 2. The minimum Gasteiger partial charge on any atom is -0.452 e. The van der Waals surface area contributed by atoms with E-state index in [0.29, 0.717) is 30.1 Å². The summed E-state index contributed by atoms with van der Waals surface area (Å²) in [6.45, 7) is 5.46. The Balaban J connectivity index is 1.42. The predicted molar refractivity (Wildman–Crippen MR) is 124 cm³/mol. The van der Waals surface area contributed by atoms with Crippen molar-refractivity contribution in [3.05, 3.63) is 59.2 Å². The maximum absolute atomic E-state index is 13.0. The van der Waals surface area contributed by atoms with Crippen LogP contribution in [-0.2, 0) is 19.1 Å². The molecule has 1 saturated heterocycles. The molecule has 3 atom stereocenters. The highest BCUT2D eigenvalue weighted by Crippen LogP contribution is 2.42. The minimum atomic E-state index is -0.696. The molecule has 2 fully saturated rings. The second kappa shape index (κ2) is 9.17. The first-order valence-electron chi connectivity index (χ1n) is 11.3. The summed E-state index contributed by atoms with van der Waals surface area (Å²) in [4.78, 5) is 51.9. The van der Waals surface area contributed by atoms with Crippen LogP contribution in [0.5, 0.6) is 0 Å². The van der Waals surface area contributed by atoms with Crippen LogP contribution in [0.15, 0.2) is 42.5 Å². The summed E-state index contributed by atoms with van der Waals surface area (Å²) in [7, 11) is 0. The fraction of sp³-hybridized carbons (Fsp3) is 0.385. The number of rotatable bonds is 5. The number of esters is 1. The normalized spacial score (nSPS) is 22.2. The van der Waals surface area contributed by atoms with Gasteiger partial charge in [-0.25, -0.2) is 4.79 Å². The van der Waals surface area contributed by atoms with Crippen LogP contribution >= 0.6 is 0 Å². The average Bonchev–Trinajstić information content (AvgIpc) is 3.04. The van der Waals surface area contributed by atoms with Crippen molar-refractivity contribution >= 4 is 35.1 Å². The van der Waals surface area contributed by atoms with E-state index in [1.54, 1.807) is 12.1 Å². The molecule has 1 heterocycles. The van der Waals surface area contributed by atoms with E-state index in [1.807, 2.05) is 32.0 Å². The molecule has 7 nitrogen and oxygen atoms in total. The Morgan fingerprint density at radius 1 is 1.03 bits per heavy atom. The second-order valence-corrected chi connectivity index (χ2v) is 9.14. The van der Waals surface area contributed by atoms with Crippen molar-refractivity contribution in [3.63, 3.8) is 0 Å². The monoisotopic (exact) mass is 448 g/mol. The van der Waals surface area contributed by atoms with Crippen molar-refractivity contribution in [3.8, 4) is 0 Å². The molecule has 0 aromatic heterocycles. The van der Waals surface area contributed by atoms with Crippen LogP contribution in [0.4, 0.5) is 11.4 Å². The van der Waals surface area contributed by atoms with Gasteiger partial charge >= 0.3 is 5.97 Å². The molecule has 2 aliphatic rings. The number of imide groups is 1. The Hall–Kier alpha value is -3.48. The molecular formula is C26H28N2O5. The maximum atomic E-state index is 13.0. The number of nitrogens with zero attached hydrogens (tertiary/aromatic N) is 1. The van der Waals surface area contributed by atoms with Gasteiger partial charge in [-0.1, -0.05) is 25.1 Å². The summed E-state index contributed by atoms with van der Waals surface area (Å²) in [6.07, 6.45) is 2.36. The van der Waals surface area contributed by atoms with Gasteiger partial charge in [0.25, 0.3) is 5.91 Å². The summed E-state index contributed by atoms with van der Waals surface area (Å²) in [5.41, 5.74) is 3.12. The Kier molecular flexibility index (Phi) is 6.31. The lowest BCUT2D eigenvalue weighted by atomic mass is 9.76. The number of carbonyl (C=O) groups is 4. The summed E-state index contributed by atoms with van der Waals surface area (Å²) in [5, 5.41) is 2.74. The Labute approximate surface area is 193 Å². The molecule has 2 aromatic rings. The lowest BCUT2D eigenvalue weighted by molar-refractivity contribution is -0.122. The zero-order valence-corrected chi connectivity index (χ0v) is 19.1. The smallest absolute Gasteiger partial charge is 0.338 e. The third-order valence-electron chi connectivity index (χ3n) is 6.53. The maximum Gasteiger partial charge on any atom is 0.338 e. The number of anilines is 2. The molecule has 0 spiro atoms. The van der Waals surface area contributed by atoms with Gasteiger partial charge in [-0.05, 0) is 74.4 Å². The number of fused-ring (bicyclic) bond motifs is 1. The van der Waals surface area contributed by atoms with Gasteiger partial charge in [0.05, 0.1) is 23.1 Å². The second-order valence-electron chi connectivity index (χ2n) is 9.14. The van der Waals surface area contributed by atoms with E-state index in [2.05, 4.69) is 12.2 Å². The van der Waals surface area contributed by atoms with Gasteiger partial charge in [0.1, 0.15) is 0 Å². The summed E-state index contributed by atoms with van der Waals surface area (Å²) in [5.74, 6) is -1.69. The number of hydrogen-bond donors (Lipinski definition) is 1. The third-order valence-corrected chi connectivity index (χ3v) is 6.53. The first-order chi connectivity index (χ1) is 15.7. The molecule has 1 saturated carbocycles. The molecule has 0 unspecified atom stereocenters. The third kappa shape index (κ3) is 4.67. The van der Waals surface area contributed by atoms with Crippen LogP contribution in [0.2, 0.25) is 0 Å². The first-order valence-corrected chi connectivity index (χ1v) is 11.3. The van der Waals surface area contributed by atoms with Crippen molar-refractivity contribution in [2.75, 3.05) is 16.8 Å². The molecular weight excluding hydrogens is 420 g/mol. The molecule has 1 aliphatic heterocycles. The Bertz CT molecular complexity index is 1130. The van der Waals surface area contributed by atoms with Crippen molar-refractivity contribution < 1.29 is 23.9 Å². The van der Waals surface area contributed by atoms with E-state index in [0.717, 1.165) is 17.5 Å². The van der Waals surface area contributed by atoms with E-state index in [1.165, 1.54) is 17.0 Å². The summed E-state index contributed by atoms with van der Waals surface area (Å²) >= 11 is 0. The predicted octanol–water partition coefficient (Wildman–Crippen LogP) is 4.02. The molecule has 1 aliphatic carbocycles. The van der Waals surface area contributed by atoms with Crippen molar-refractivity contribution in [1.29, 1.82) is 0 Å². The van der Waals surface area contributed by atoms with Crippen LogP contribution in [0.3, 0.4) is 0 Å². The molecule has 172 valence electrons. The SMILES string of the molecule is Cc1ccc(C)c(NC(=O)COC(=O)c2cccc(N3C(=O)[C@H]4C[C@@H](C)CC[C@H]4C3=O)c2)c1. The van der Waals surface area contributed by atoms with Crippen LogP contribution in [0.1, 0.15) is 47.7 Å². The van der Waals surface area contributed by atoms with E-state index in [4.69, 9.17) is 4.74 Å². The highest BCUT2D eigenvalue weighted by molar-refractivity contribution is 6.22. The van der Waals surface area contributed by atoms with Crippen LogP contribution in [-0.4, -0.2) is 30.3 Å². The highest BCUT2D eigenvalue weighted by Gasteiger charge is 2.50. The number of nitrogens with one attached hydrogen (secondary N) is 1. The Morgan fingerprint density at radius 3 is 2.58 bits per heavy atom. The average molecular weight is 449 g/mol. The van der Waals surface area contributed by atoms with Gasteiger partial charge < -0.3 is 10.1 Å². The fourth-order valence-corrected chi connectivity index (χ4v) is 4.69. The van der Waals surface area contributed by atoms with Gasteiger partial charge in [-0.15, -0.1) is 0 Å². The van der Waals surface area contributed by atoms with E-state index in [-0.39, 0.29) is 29.2 Å². The van der Waals surface area contributed by atoms with Crippen LogP contribution < -0.4 is 10.2 Å². The van der Waals surface area contributed by atoms with E-state index in [9.17, 15) is 19.2 Å². The molecule has 0 radical (unpaired) electrons.